The molecule has 152 valence electrons. The van der Waals surface area contributed by atoms with Gasteiger partial charge in [-0.2, -0.15) is 0 Å². The third kappa shape index (κ3) is 3.79. The van der Waals surface area contributed by atoms with E-state index < -0.39 is 12.1 Å². The fourth-order valence-corrected chi connectivity index (χ4v) is 3.83. The number of amides is 1. The van der Waals surface area contributed by atoms with Crippen molar-refractivity contribution in [3.8, 4) is 0 Å². The van der Waals surface area contributed by atoms with Crippen molar-refractivity contribution < 1.29 is 14.3 Å². The Morgan fingerprint density at radius 2 is 1.53 bits per heavy atom. The minimum absolute atomic E-state index is 0.253. The summed E-state index contributed by atoms with van der Waals surface area (Å²) in [7, 11) is 0. The fraction of sp³-hybridized carbons (Fsp3) is 0.200. The van der Waals surface area contributed by atoms with Crippen LogP contribution in [0.5, 0.6) is 0 Å². The fourth-order valence-electron chi connectivity index (χ4n) is 3.83. The number of nitrogen functional groups attached to an aromatic ring is 1. The number of para-hydroxylation sites is 2. The molecule has 5 nitrogen and oxygen atoms in total. The van der Waals surface area contributed by atoms with Gasteiger partial charge in [0.05, 0.1) is 16.9 Å². The van der Waals surface area contributed by atoms with Gasteiger partial charge < -0.3 is 10.5 Å². The molecule has 3 aromatic rings. The van der Waals surface area contributed by atoms with Crippen molar-refractivity contribution >= 4 is 28.9 Å². The second-order valence-electron chi connectivity index (χ2n) is 7.36. The van der Waals surface area contributed by atoms with Crippen LogP contribution in [0.25, 0.3) is 0 Å². The zero-order chi connectivity index (χ0) is 21.1. The van der Waals surface area contributed by atoms with Gasteiger partial charge in [0, 0.05) is 5.69 Å². The van der Waals surface area contributed by atoms with Crippen molar-refractivity contribution in [1.29, 1.82) is 0 Å². The van der Waals surface area contributed by atoms with Crippen LogP contribution in [0.1, 0.15) is 34.8 Å². The van der Waals surface area contributed by atoms with Gasteiger partial charge >= 0.3 is 5.97 Å². The zero-order valence-electron chi connectivity index (χ0n) is 16.9. The van der Waals surface area contributed by atoms with E-state index >= 15 is 0 Å². The number of fused-ring (bicyclic) bond motifs is 2. The number of hydrogen-bond acceptors (Lipinski definition) is 4. The molecular formula is C25H24N2O3. The van der Waals surface area contributed by atoms with Crippen molar-refractivity contribution in [2.75, 3.05) is 10.6 Å². The first-order valence-electron chi connectivity index (χ1n) is 10.1. The number of carbonyl (C=O) groups excluding carboxylic acids is 2. The Bertz CT molecular complexity index is 1050. The summed E-state index contributed by atoms with van der Waals surface area (Å²) in [5, 5.41) is 0. The first-order valence-corrected chi connectivity index (χ1v) is 10.1. The van der Waals surface area contributed by atoms with Crippen LogP contribution >= 0.6 is 0 Å². The number of anilines is 3. The predicted octanol–water partition coefficient (Wildman–Crippen LogP) is 4.67. The summed E-state index contributed by atoms with van der Waals surface area (Å²) < 4.78 is 5.64. The summed E-state index contributed by atoms with van der Waals surface area (Å²) >= 11 is 0. The quantitative estimate of drug-likeness (QED) is 0.510. The van der Waals surface area contributed by atoms with Crippen molar-refractivity contribution in [2.45, 2.75) is 32.3 Å². The standard InChI is InChI=1S/C25H24N2O3/c1-2-23(30-25(29)19-10-7-11-20(26)16-19)24(28)27-21-12-5-3-8-17(21)14-15-18-9-4-6-13-22(18)27/h3-13,16,23H,2,14-15,26H2,1H3. The molecule has 4 rings (SSSR count). The van der Waals surface area contributed by atoms with Gasteiger partial charge in [-0.25, -0.2) is 4.79 Å². The topological polar surface area (TPSA) is 72.6 Å². The maximum atomic E-state index is 13.7. The molecule has 1 aliphatic rings. The number of hydrogen-bond donors (Lipinski definition) is 1. The Labute approximate surface area is 176 Å². The van der Waals surface area contributed by atoms with Gasteiger partial charge in [-0.15, -0.1) is 0 Å². The molecule has 0 aliphatic carbocycles. The van der Waals surface area contributed by atoms with E-state index in [1.54, 1.807) is 29.2 Å². The number of nitrogens with two attached hydrogens (primary N) is 1. The van der Waals surface area contributed by atoms with E-state index in [0.717, 1.165) is 35.3 Å². The second kappa shape index (κ2) is 8.41. The number of esters is 1. The van der Waals surface area contributed by atoms with Gasteiger partial charge in [0.25, 0.3) is 5.91 Å². The minimum atomic E-state index is -0.904. The van der Waals surface area contributed by atoms with Gasteiger partial charge in [-0.3, -0.25) is 9.69 Å². The lowest BCUT2D eigenvalue weighted by atomic mass is 10.0. The smallest absolute Gasteiger partial charge is 0.338 e. The molecule has 1 atom stereocenters. The molecule has 30 heavy (non-hydrogen) atoms. The third-order valence-electron chi connectivity index (χ3n) is 5.37. The summed E-state index contributed by atoms with van der Waals surface area (Å²) in [6.07, 6.45) is 1.15. The zero-order valence-corrected chi connectivity index (χ0v) is 16.9. The normalized spacial score (nSPS) is 13.6. The van der Waals surface area contributed by atoms with E-state index in [2.05, 4.69) is 0 Å². The predicted molar refractivity (Wildman–Crippen MR) is 118 cm³/mol. The highest BCUT2D eigenvalue weighted by Gasteiger charge is 2.32. The molecule has 0 radical (unpaired) electrons. The Morgan fingerprint density at radius 1 is 0.933 bits per heavy atom. The molecule has 0 fully saturated rings. The summed E-state index contributed by atoms with van der Waals surface area (Å²) in [6.45, 7) is 1.84. The first kappa shape index (κ1) is 19.7. The van der Waals surface area contributed by atoms with Crippen LogP contribution in [-0.2, 0) is 22.4 Å². The molecule has 1 aliphatic heterocycles. The molecule has 0 saturated heterocycles. The molecule has 3 aromatic carbocycles. The van der Waals surface area contributed by atoms with Crippen LogP contribution < -0.4 is 10.6 Å². The van der Waals surface area contributed by atoms with Crippen molar-refractivity contribution in [3.63, 3.8) is 0 Å². The third-order valence-corrected chi connectivity index (χ3v) is 5.37. The number of aryl methyl sites for hydroxylation is 2. The van der Waals surface area contributed by atoms with Crippen LogP contribution in [0.4, 0.5) is 17.1 Å². The van der Waals surface area contributed by atoms with Crippen molar-refractivity contribution in [1.82, 2.24) is 0 Å². The lowest BCUT2D eigenvalue weighted by molar-refractivity contribution is -0.126. The molecular weight excluding hydrogens is 376 g/mol. The molecule has 5 heteroatoms. The molecule has 0 saturated carbocycles. The second-order valence-corrected chi connectivity index (χ2v) is 7.36. The van der Waals surface area contributed by atoms with Crippen LogP contribution in [0.2, 0.25) is 0 Å². The van der Waals surface area contributed by atoms with Gasteiger partial charge in [-0.1, -0.05) is 49.4 Å². The van der Waals surface area contributed by atoms with E-state index in [4.69, 9.17) is 10.5 Å². The molecule has 1 amide bonds. The van der Waals surface area contributed by atoms with E-state index in [0.29, 0.717) is 17.7 Å². The van der Waals surface area contributed by atoms with E-state index in [1.165, 1.54) is 0 Å². The SMILES string of the molecule is CCC(OC(=O)c1cccc(N)c1)C(=O)N1c2ccccc2CCc2ccccc21. The molecule has 0 aromatic heterocycles. The Morgan fingerprint density at radius 3 is 2.10 bits per heavy atom. The van der Waals surface area contributed by atoms with Crippen LogP contribution in [0.3, 0.4) is 0 Å². The summed E-state index contributed by atoms with van der Waals surface area (Å²) in [5.41, 5.74) is 10.5. The number of rotatable bonds is 4. The highest BCUT2D eigenvalue weighted by atomic mass is 16.5. The minimum Gasteiger partial charge on any atom is -0.449 e. The highest BCUT2D eigenvalue weighted by molar-refractivity contribution is 6.06. The summed E-state index contributed by atoms with van der Waals surface area (Å²) in [4.78, 5) is 28.0. The van der Waals surface area contributed by atoms with Crippen LogP contribution in [-0.4, -0.2) is 18.0 Å². The van der Waals surface area contributed by atoms with E-state index in [9.17, 15) is 9.59 Å². The Hall–Kier alpha value is -3.60. The van der Waals surface area contributed by atoms with Gasteiger partial charge in [0.2, 0.25) is 0 Å². The van der Waals surface area contributed by atoms with Gasteiger partial charge in [-0.05, 0) is 60.7 Å². The number of nitrogens with zero attached hydrogens (tertiary/aromatic N) is 1. The number of ether oxygens (including phenoxy) is 1. The molecule has 0 spiro atoms. The molecule has 1 heterocycles. The van der Waals surface area contributed by atoms with E-state index in [-0.39, 0.29) is 5.91 Å². The van der Waals surface area contributed by atoms with E-state index in [1.807, 2.05) is 55.5 Å². The summed E-state index contributed by atoms with van der Waals surface area (Å²) in [6, 6.07) is 22.4. The number of carbonyl (C=O) groups is 2. The van der Waals surface area contributed by atoms with Gasteiger partial charge in [0.1, 0.15) is 0 Å². The molecule has 1 unspecified atom stereocenters. The summed E-state index contributed by atoms with van der Waals surface area (Å²) in [5.74, 6) is -0.810. The highest BCUT2D eigenvalue weighted by Crippen LogP contribution is 2.36. The Kier molecular flexibility index (Phi) is 5.53. The van der Waals surface area contributed by atoms with Crippen LogP contribution in [0.15, 0.2) is 72.8 Å². The van der Waals surface area contributed by atoms with Crippen molar-refractivity contribution in [2.24, 2.45) is 0 Å². The van der Waals surface area contributed by atoms with Gasteiger partial charge in [0.15, 0.2) is 6.10 Å². The average molecular weight is 400 g/mol. The number of benzene rings is 3. The Balaban J connectivity index is 1.69. The molecule has 0 bridgehead atoms. The van der Waals surface area contributed by atoms with Crippen molar-refractivity contribution in [3.05, 3.63) is 89.5 Å². The average Bonchev–Trinajstić information content (AvgIpc) is 2.94. The molecule has 2 N–H and O–H groups in total. The maximum Gasteiger partial charge on any atom is 0.338 e. The van der Waals surface area contributed by atoms with Crippen LogP contribution in [0, 0.1) is 0 Å². The largest absolute Gasteiger partial charge is 0.449 e. The monoisotopic (exact) mass is 400 g/mol. The maximum absolute atomic E-state index is 13.7. The lowest BCUT2D eigenvalue weighted by Gasteiger charge is -2.28. The first-order chi connectivity index (χ1) is 14.6. The lowest BCUT2D eigenvalue weighted by Crippen LogP contribution is -2.39.